The molecule has 1 aromatic carbocycles. The number of carbonyl (C=O) groups excluding carboxylic acids is 2. The fourth-order valence-corrected chi connectivity index (χ4v) is 3.11. The molecule has 0 spiro atoms. The van der Waals surface area contributed by atoms with Crippen LogP contribution in [0.2, 0.25) is 0 Å². The second kappa shape index (κ2) is 7.46. The highest BCUT2D eigenvalue weighted by molar-refractivity contribution is 5.94. The van der Waals surface area contributed by atoms with Gasteiger partial charge in [-0.25, -0.2) is 4.98 Å². The molecule has 2 amide bonds. The molecule has 2 aromatic rings. The van der Waals surface area contributed by atoms with Crippen LogP contribution in [-0.2, 0) is 11.3 Å². The third kappa shape index (κ3) is 4.04. The number of aryl methyl sites for hydroxylation is 1. The zero-order valence-corrected chi connectivity index (χ0v) is 14.6. The Morgan fingerprint density at radius 2 is 2.04 bits per heavy atom. The first-order valence-electron chi connectivity index (χ1n) is 8.58. The number of hydrogen-bond donors (Lipinski definition) is 2. The first kappa shape index (κ1) is 17.1. The first-order chi connectivity index (χ1) is 12.0. The summed E-state index contributed by atoms with van der Waals surface area (Å²) in [5, 5.41) is 9.86. The first-order valence-corrected chi connectivity index (χ1v) is 8.58. The molecule has 1 aromatic heterocycles. The fourth-order valence-electron chi connectivity index (χ4n) is 3.11. The minimum Gasteiger partial charge on any atom is -0.352 e. The molecule has 7 nitrogen and oxygen atoms in total. The molecule has 25 heavy (non-hydrogen) atoms. The topological polar surface area (TPSA) is 91.0 Å². The van der Waals surface area contributed by atoms with E-state index in [1.165, 1.54) is 6.92 Å². The van der Waals surface area contributed by atoms with E-state index in [1.54, 1.807) is 0 Å². The minimum absolute atomic E-state index is 0.00164. The number of H-pyrrole nitrogens is 1. The number of aromatic amines is 1. The van der Waals surface area contributed by atoms with Crippen LogP contribution in [0.1, 0.15) is 59.8 Å². The van der Waals surface area contributed by atoms with Crippen molar-refractivity contribution in [1.82, 2.24) is 25.4 Å². The molecule has 7 heteroatoms. The number of rotatable bonds is 4. The standard InChI is InChI=1S/C18H23N5O2/c1-12-20-17(22-21-12)16-5-3-4-10-23(16)18(25)15-8-6-14(7-9-15)11-19-13(2)24/h6-9,16H,3-5,10-11H2,1-2H3,(H,19,24)(H,20,21,22). The number of nitrogens with zero attached hydrogens (tertiary/aromatic N) is 3. The maximum atomic E-state index is 13.0. The van der Waals surface area contributed by atoms with Gasteiger partial charge in [-0.2, -0.15) is 5.10 Å². The minimum atomic E-state index is -0.0785. The summed E-state index contributed by atoms with van der Waals surface area (Å²) in [6.07, 6.45) is 2.94. The molecule has 1 aliphatic heterocycles. The van der Waals surface area contributed by atoms with Crippen molar-refractivity contribution < 1.29 is 9.59 Å². The molecular weight excluding hydrogens is 318 g/mol. The molecule has 2 heterocycles. The molecule has 1 atom stereocenters. The van der Waals surface area contributed by atoms with Crippen LogP contribution >= 0.6 is 0 Å². The van der Waals surface area contributed by atoms with Crippen molar-refractivity contribution in [1.29, 1.82) is 0 Å². The molecule has 3 rings (SSSR count). The zero-order chi connectivity index (χ0) is 17.8. The Morgan fingerprint density at radius 3 is 2.68 bits per heavy atom. The van der Waals surface area contributed by atoms with Gasteiger partial charge in [0.1, 0.15) is 5.82 Å². The van der Waals surface area contributed by atoms with Crippen LogP contribution < -0.4 is 5.32 Å². The molecular formula is C18H23N5O2. The molecule has 0 radical (unpaired) electrons. The van der Waals surface area contributed by atoms with Crippen LogP contribution in [0.3, 0.4) is 0 Å². The van der Waals surface area contributed by atoms with E-state index in [2.05, 4.69) is 20.5 Å². The predicted molar refractivity (Wildman–Crippen MR) is 92.7 cm³/mol. The van der Waals surface area contributed by atoms with Crippen LogP contribution in [0.15, 0.2) is 24.3 Å². The van der Waals surface area contributed by atoms with Crippen LogP contribution in [0.4, 0.5) is 0 Å². The lowest BCUT2D eigenvalue weighted by atomic mass is 10.00. The Kier molecular flexibility index (Phi) is 5.11. The average Bonchev–Trinajstić information content (AvgIpc) is 3.06. The summed E-state index contributed by atoms with van der Waals surface area (Å²) in [6.45, 7) is 4.52. The van der Waals surface area contributed by atoms with E-state index in [1.807, 2.05) is 36.1 Å². The van der Waals surface area contributed by atoms with Gasteiger partial charge in [-0.15, -0.1) is 0 Å². The molecule has 0 saturated carbocycles. The van der Waals surface area contributed by atoms with Gasteiger partial charge in [0.15, 0.2) is 5.82 Å². The van der Waals surface area contributed by atoms with Crippen molar-refractivity contribution in [3.05, 3.63) is 47.0 Å². The lowest BCUT2D eigenvalue weighted by molar-refractivity contribution is -0.119. The molecule has 1 unspecified atom stereocenters. The number of aromatic nitrogens is 3. The molecule has 0 aliphatic carbocycles. The number of likely N-dealkylation sites (tertiary alicyclic amines) is 1. The van der Waals surface area contributed by atoms with E-state index in [9.17, 15) is 9.59 Å². The quantitative estimate of drug-likeness (QED) is 0.891. The molecule has 2 N–H and O–H groups in total. The Labute approximate surface area is 146 Å². The van der Waals surface area contributed by atoms with Gasteiger partial charge in [0.05, 0.1) is 6.04 Å². The van der Waals surface area contributed by atoms with Gasteiger partial charge in [-0.1, -0.05) is 12.1 Å². The predicted octanol–water partition coefficient (Wildman–Crippen LogP) is 2.12. The van der Waals surface area contributed by atoms with E-state index < -0.39 is 0 Å². The zero-order valence-electron chi connectivity index (χ0n) is 14.6. The number of hydrogen-bond acceptors (Lipinski definition) is 4. The van der Waals surface area contributed by atoms with Gasteiger partial charge in [0, 0.05) is 25.6 Å². The van der Waals surface area contributed by atoms with E-state index in [-0.39, 0.29) is 17.9 Å². The number of benzene rings is 1. The van der Waals surface area contributed by atoms with Crippen LogP contribution in [0.25, 0.3) is 0 Å². The fraction of sp³-hybridized carbons (Fsp3) is 0.444. The van der Waals surface area contributed by atoms with E-state index in [4.69, 9.17) is 0 Å². The Morgan fingerprint density at radius 1 is 1.28 bits per heavy atom. The Balaban J connectivity index is 1.74. The highest BCUT2D eigenvalue weighted by Gasteiger charge is 2.31. The molecule has 132 valence electrons. The van der Waals surface area contributed by atoms with Gasteiger partial charge < -0.3 is 10.2 Å². The van der Waals surface area contributed by atoms with Gasteiger partial charge in [-0.3, -0.25) is 14.7 Å². The smallest absolute Gasteiger partial charge is 0.254 e. The van der Waals surface area contributed by atoms with Crippen molar-refractivity contribution in [2.24, 2.45) is 0 Å². The van der Waals surface area contributed by atoms with E-state index in [0.717, 1.165) is 30.7 Å². The van der Waals surface area contributed by atoms with Crippen molar-refractivity contribution in [3.63, 3.8) is 0 Å². The van der Waals surface area contributed by atoms with E-state index in [0.29, 0.717) is 24.5 Å². The van der Waals surface area contributed by atoms with Crippen LogP contribution in [0.5, 0.6) is 0 Å². The maximum Gasteiger partial charge on any atom is 0.254 e. The third-order valence-corrected chi connectivity index (χ3v) is 4.42. The lowest BCUT2D eigenvalue weighted by Crippen LogP contribution is -2.39. The molecule has 1 fully saturated rings. The summed E-state index contributed by atoms with van der Waals surface area (Å²) in [4.78, 5) is 30.2. The highest BCUT2D eigenvalue weighted by Crippen LogP contribution is 2.30. The third-order valence-electron chi connectivity index (χ3n) is 4.42. The van der Waals surface area contributed by atoms with Crippen molar-refractivity contribution >= 4 is 11.8 Å². The molecule has 1 aliphatic rings. The van der Waals surface area contributed by atoms with Crippen molar-refractivity contribution in [2.45, 2.75) is 45.7 Å². The SMILES string of the molecule is CC(=O)NCc1ccc(C(=O)N2CCCCC2c2n[nH]c(C)n2)cc1. The highest BCUT2D eigenvalue weighted by atomic mass is 16.2. The maximum absolute atomic E-state index is 13.0. The van der Waals surface area contributed by atoms with Crippen molar-refractivity contribution in [2.75, 3.05) is 6.54 Å². The number of nitrogens with one attached hydrogen (secondary N) is 2. The summed E-state index contributed by atoms with van der Waals surface area (Å²) in [6, 6.07) is 7.30. The number of piperidine rings is 1. The van der Waals surface area contributed by atoms with Crippen molar-refractivity contribution in [3.8, 4) is 0 Å². The van der Waals surface area contributed by atoms with Gasteiger partial charge in [-0.05, 0) is 43.9 Å². The average molecular weight is 341 g/mol. The second-order valence-electron chi connectivity index (χ2n) is 6.40. The lowest BCUT2D eigenvalue weighted by Gasteiger charge is -2.34. The van der Waals surface area contributed by atoms with Gasteiger partial charge >= 0.3 is 0 Å². The number of amides is 2. The van der Waals surface area contributed by atoms with Gasteiger partial charge in [0.2, 0.25) is 5.91 Å². The molecule has 0 bridgehead atoms. The van der Waals surface area contributed by atoms with Gasteiger partial charge in [0.25, 0.3) is 5.91 Å². The summed E-state index contributed by atoms with van der Waals surface area (Å²) in [5.41, 5.74) is 1.61. The Hall–Kier alpha value is -2.70. The number of carbonyl (C=O) groups is 2. The summed E-state index contributed by atoms with van der Waals surface area (Å²) in [5.74, 6) is 1.37. The van der Waals surface area contributed by atoms with Crippen LogP contribution in [-0.4, -0.2) is 38.4 Å². The normalized spacial score (nSPS) is 17.4. The summed E-state index contributed by atoms with van der Waals surface area (Å²) >= 11 is 0. The summed E-state index contributed by atoms with van der Waals surface area (Å²) in [7, 11) is 0. The Bertz CT molecular complexity index is 753. The van der Waals surface area contributed by atoms with Crippen LogP contribution in [0, 0.1) is 6.92 Å². The summed E-state index contributed by atoms with van der Waals surface area (Å²) < 4.78 is 0. The largest absolute Gasteiger partial charge is 0.352 e. The second-order valence-corrected chi connectivity index (χ2v) is 6.40. The monoisotopic (exact) mass is 341 g/mol. The van der Waals surface area contributed by atoms with E-state index >= 15 is 0 Å². The molecule has 1 saturated heterocycles.